The van der Waals surface area contributed by atoms with E-state index in [9.17, 15) is 4.79 Å². The monoisotopic (exact) mass is 281 g/mol. The maximum Gasteiger partial charge on any atom is 0.309 e. The predicted octanol–water partition coefficient (Wildman–Crippen LogP) is 2.69. The van der Waals surface area contributed by atoms with E-state index in [0.29, 0.717) is 19.1 Å². The van der Waals surface area contributed by atoms with E-state index in [0.717, 1.165) is 17.1 Å². The van der Waals surface area contributed by atoms with E-state index in [1.54, 1.807) is 11.8 Å². The van der Waals surface area contributed by atoms with Crippen LogP contribution in [0.3, 0.4) is 0 Å². The second-order valence-electron chi connectivity index (χ2n) is 4.87. The maximum atomic E-state index is 11.8. The highest BCUT2D eigenvalue weighted by Gasteiger charge is 2.15. The zero-order chi connectivity index (χ0) is 14.1. The molecule has 1 rings (SSSR count). The Morgan fingerprint density at radius 1 is 1.26 bits per heavy atom. The maximum absolute atomic E-state index is 11.8. The third kappa shape index (κ3) is 6.64. The minimum Gasteiger partial charge on any atom is -0.461 e. The van der Waals surface area contributed by atoms with Crippen LogP contribution in [0.5, 0.6) is 0 Å². The second-order valence-corrected chi connectivity index (χ2v) is 5.95. The van der Waals surface area contributed by atoms with Gasteiger partial charge in [0.2, 0.25) is 0 Å². The topological polar surface area (TPSA) is 52.3 Å². The highest BCUT2D eigenvalue weighted by atomic mass is 32.2. The van der Waals surface area contributed by atoms with Gasteiger partial charge in [0, 0.05) is 5.75 Å². The molecule has 2 unspecified atom stereocenters. The molecule has 0 radical (unpaired) electrons. The molecular formula is C15H23NO2S. The fourth-order valence-electron chi connectivity index (χ4n) is 1.45. The molecule has 19 heavy (non-hydrogen) atoms. The summed E-state index contributed by atoms with van der Waals surface area (Å²) in [6, 6.07) is 9.74. The fourth-order valence-corrected chi connectivity index (χ4v) is 2.62. The summed E-state index contributed by atoms with van der Waals surface area (Å²) in [5, 5.41) is 0. The number of carbonyl (C=O) groups excluding carboxylic acids is 1. The average Bonchev–Trinajstić information content (AvgIpc) is 2.45. The summed E-state index contributed by atoms with van der Waals surface area (Å²) in [6.07, 6.45) is 0. The van der Waals surface area contributed by atoms with Crippen LogP contribution in [0.15, 0.2) is 30.3 Å². The van der Waals surface area contributed by atoms with Crippen molar-refractivity contribution in [1.29, 1.82) is 0 Å². The van der Waals surface area contributed by atoms with Crippen molar-refractivity contribution in [2.75, 3.05) is 18.1 Å². The Morgan fingerprint density at radius 2 is 1.95 bits per heavy atom. The zero-order valence-corrected chi connectivity index (χ0v) is 12.5. The molecule has 0 aromatic heterocycles. The van der Waals surface area contributed by atoms with E-state index in [-0.39, 0.29) is 11.9 Å². The van der Waals surface area contributed by atoms with Gasteiger partial charge in [0.15, 0.2) is 0 Å². The van der Waals surface area contributed by atoms with Crippen molar-refractivity contribution in [1.82, 2.24) is 0 Å². The summed E-state index contributed by atoms with van der Waals surface area (Å²) in [6.45, 7) is 5.08. The number of esters is 1. The largest absolute Gasteiger partial charge is 0.461 e. The molecule has 2 N–H and O–H groups in total. The van der Waals surface area contributed by atoms with Gasteiger partial charge in [0.25, 0.3) is 0 Å². The van der Waals surface area contributed by atoms with Gasteiger partial charge in [0.05, 0.1) is 5.92 Å². The van der Waals surface area contributed by atoms with Crippen LogP contribution < -0.4 is 5.73 Å². The first-order chi connectivity index (χ1) is 9.13. The molecule has 1 aromatic carbocycles. The van der Waals surface area contributed by atoms with Gasteiger partial charge in [-0.1, -0.05) is 44.2 Å². The Bertz CT molecular complexity index is 370. The van der Waals surface area contributed by atoms with E-state index in [1.165, 1.54) is 0 Å². The first-order valence-electron chi connectivity index (χ1n) is 6.61. The molecule has 0 spiro atoms. The molecule has 0 bridgehead atoms. The molecule has 0 heterocycles. The number of benzene rings is 1. The third-order valence-corrected chi connectivity index (χ3v) is 4.34. The van der Waals surface area contributed by atoms with Gasteiger partial charge < -0.3 is 10.5 Å². The number of nitrogens with two attached hydrogens (primary N) is 1. The van der Waals surface area contributed by atoms with Crippen molar-refractivity contribution >= 4 is 17.7 Å². The zero-order valence-electron chi connectivity index (χ0n) is 11.7. The molecule has 0 fully saturated rings. The quantitative estimate of drug-likeness (QED) is 0.744. The van der Waals surface area contributed by atoms with Gasteiger partial charge in [-0.15, -0.1) is 0 Å². The number of carbonyl (C=O) groups is 1. The molecule has 0 aliphatic carbocycles. The molecule has 2 atom stereocenters. The Labute approximate surface area is 119 Å². The fraction of sp³-hybridized carbons (Fsp3) is 0.533. The van der Waals surface area contributed by atoms with Crippen molar-refractivity contribution in [3.63, 3.8) is 0 Å². The number of hydrogen-bond acceptors (Lipinski definition) is 4. The lowest BCUT2D eigenvalue weighted by Gasteiger charge is -2.13. The second kappa shape index (κ2) is 8.99. The number of thioether (sulfide) groups is 1. The highest BCUT2D eigenvalue weighted by molar-refractivity contribution is 7.99. The van der Waals surface area contributed by atoms with Gasteiger partial charge in [-0.2, -0.15) is 11.8 Å². The molecule has 0 aliphatic rings. The van der Waals surface area contributed by atoms with Crippen molar-refractivity contribution < 1.29 is 9.53 Å². The molecule has 106 valence electrons. The molecular weight excluding hydrogens is 258 g/mol. The van der Waals surface area contributed by atoms with Gasteiger partial charge in [0.1, 0.15) is 6.61 Å². The standard InChI is InChI=1S/C15H23NO2S/c1-12(8-16)10-19-11-13(2)15(17)18-9-14-6-4-3-5-7-14/h3-7,12-13H,8-11,16H2,1-2H3. The van der Waals surface area contributed by atoms with Crippen LogP contribution in [0.4, 0.5) is 0 Å². The summed E-state index contributed by atoms with van der Waals surface area (Å²) < 4.78 is 5.30. The average molecular weight is 281 g/mol. The lowest BCUT2D eigenvalue weighted by Crippen LogP contribution is -2.18. The van der Waals surface area contributed by atoms with Gasteiger partial charge >= 0.3 is 5.97 Å². The van der Waals surface area contributed by atoms with Crippen molar-refractivity contribution in [2.24, 2.45) is 17.6 Å². The van der Waals surface area contributed by atoms with E-state index in [1.807, 2.05) is 37.3 Å². The minimum atomic E-state index is -0.128. The number of ether oxygens (including phenoxy) is 1. The SMILES string of the molecule is CC(CN)CSCC(C)C(=O)OCc1ccccc1. The summed E-state index contributed by atoms with van der Waals surface area (Å²) >= 11 is 1.76. The van der Waals surface area contributed by atoms with Gasteiger partial charge in [-0.3, -0.25) is 4.79 Å². The molecule has 3 nitrogen and oxygen atoms in total. The van der Waals surface area contributed by atoms with Crippen LogP contribution in [0, 0.1) is 11.8 Å². The van der Waals surface area contributed by atoms with Gasteiger partial charge in [-0.05, 0) is 23.8 Å². The molecule has 1 aromatic rings. The third-order valence-electron chi connectivity index (χ3n) is 2.80. The van der Waals surface area contributed by atoms with Crippen LogP contribution in [-0.2, 0) is 16.1 Å². The Kier molecular flexibility index (Phi) is 7.60. The lowest BCUT2D eigenvalue weighted by atomic mass is 10.2. The minimum absolute atomic E-state index is 0.0707. The molecule has 4 heteroatoms. The van der Waals surface area contributed by atoms with Crippen LogP contribution in [0.2, 0.25) is 0 Å². The van der Waals surface area contributed by atoms with Crippen molar-refractivity contribution in [2.45, 2.75) is 20.5 Å². The molecule has 0 saturated heterocycles. The van der Waals surface area contributed by atoms with Crippen LogP contribution >= 0.6 is 11.8 Å². The van der Waals surface area contributed by atoms with E-state index in [4.69, 9.17) is 10.5 Å². The lowest BCUT2D eigenvalue weighted by molar-refractivity contribution is -0.148. The summed E-state index contributed by atoms with van der Waals surface area (Å²) in [7, 11) is 0. The van der Waals surface area contributed by atoms with Crippen LogP contribution in [0.1, 0.15) is 19.4 Å². The normalized spacial score (nSPS) is 13.8. The Morgan fingerprint density at radius 3 is 2.58 bits per heavy atom. The highest BCUT2D eigenvalue weighted by Crippen LogP contribution is 2.14. The summed E-state index contributed by atoms with van der Waals surface area (Å²) in [5.74, 6) is 2.08. The van der Waals surface area contributed by atoms with E-state index < -0.39 is 0 Å². The first kappa shape index (κ1) is 16.1. The smallest absolute Gasteiger partial charge is 0.309 e. The van der Waals surface area contributed by atoms with Crippen molar-refractivity contribution in [3.8, 4) is 0 Å². The van der Waals surface area contributed by atoms with Gasteiger partial charge in [-0.25, -0.2) is 0 Å². The van der Waals surface area contributed by atoms with Crippen LogP contribution in [-0.4, -0.2) is 24.0 Å². The number of rotatable bonds is 8. The Hall–Kier alpha value is -1.00. The molecule has 0 aliphatic heterocycles. The first-order valence-corrected chi connectivity index (χ1v) is 7.77. The number of hydrogen-bond donors (Lipinski definition) is 1. The Balaban J connectivity index is 2.21. The van der Waals surface area contributed by atoms with Crippen LogP contribution in [0.25, 0.3) is 0 Å². The van der Waals surface area contributed by atoms with E-state index in [2.05, 4.69) is 6.92 Å². The van der Waals surface area contributed by atoms with E-state index >= 15 is 0 Å². The summed E-state index contributed by atoms with van der Waals surface area (Å²) in [4.78, 5) is 11.8. The molecule has 0 amide bonds. The van der Waals surface area contributed by atoms with Crippen molar-refractivity contribution in [3.05, 3.63) is 35.9 Å². The predicted molar refractivity (Wildman–Crippen MR) is 80.9 cm³/mol. The summed E-state index contributed by atoms with van der Waals surface area (Å²) in [5.41, 5.74) is 6.58. The molecule has 0 saturated carbocycles.